The molecule has 0 bridgehead atoms. The van der Waals surface area contributed by atoms with Gasteiger partial charge < -0.3 is 29.2 Å². The van der Waals surface area contributed by atoms with Gasteiger partial charge in [-0.1, -0.05) is 96.3 Å². The summed E-state index contributed by atoms with van der Waals surface area (Å²) in [5, 5.41) is 20.9. The molecule has 0 spiro atoms. The fourth-order valence-electron chi connectivity index (χ4n) is 5.91. The highest BCUT2D eigenvalue weighted by molar-refractivity contribution is 5.87. The third kappa shape index (κ3) is 11.6. The highest BCUT2D eigenvalue weighted by atomic mass is 16.5. The minimum absolute atomic E-state index is 0.0866. The fourth-order valence-corrected chi connectivity index (χ4v) is 5.91. The largest absolute Gasteiger partial charge is 0.491 e. The van der Waals surface area contributed by atoms with Gasteiger partial charge in [0.25, 0.3) is 0 Å². The van der Waals surface area contributed by atoms with E-state index in [0.717, 1.165) is 11.1 Å². The number of aliphatic hydroxyl groups excluding tert-OH is 2. The number of benzene rings is 3. The molecule has 3 aromatic rings. The Balaban J connectivity index is 1.61. The number of hydrogen-bond acceptors (Lipinski definition) is 8. The molecule has 3 aromatic carbocycles. The van der Waals surface area contributed by atoms with Crippen LogP contribution >= 0.6 is 0 Å². The van der Waals surface area contributed by atoms with Crippen LogP contribution in [-0.4, -0.2) is 59.3 Å². The number of carbonyl (C=O) groups is 2. The SMILES string of the molecule is C=C(C)C(=O)OCC(O)C[C@@](C)(CC)Oc1ccc(C(C)(C)c2ccc(C(C)(C)c3ccc(OCC(O)CC(C)OC(=O)C(=C)C)cc3)cc2)cc1. The van der Waals surface area contributed by atoms with Gasteiger partial charge in [0, 0.05) is 34.8 Å². The second-order valence-electron chi connectivity index (χ2n) is 15.2. The van der Waals surface area contributed by atoms with Gasteiger partial charge in [-0.25, -0.2) is 9.59 Å². The maximum atomic E-state index is 11.7. The van der Waals surface area contributed by atoms with Crippen molar-refractivity contribution in [3.63, 3.8) is 0 Å². The summed E-state index contributed by atoms with van der Waals surface area (Å²) in [6, 6.07) is 24.7. The van der Waals surface area contributed by atoms with E-state index in [-0.39, 0.29) is 30.5 Å². The van der Waals surface area contributed by atoms with E-state index in [1.807, 2.05) is 50.2 Å². The molecule has 8 heteroatoms. The third-order valence-electron chi connectivity index (χ3n) is 9.72. The monoisotopic (exact) mass is 714 g/mol. The highest BCUT2D eigenvalue weighted by Crippen LogP contribution is 2.37. The second-order valence-corrected chi connectivity index (χ2v) is 15.2. The number of hydrogen-bond donors (Lipinski definition) is 2. The summed E-state index contributed by atoms with van der Waals surface area (Å²) >= 11 is 0. The molecule has 0 aliphatic rings. The Bertz CT molecular complexity index is 1650. The summed E-state index contributed by atoms with van der Waals surface area (Å²) in [5.74, 6) is 0.366. The Morgan fingerprint density at radius 1 is 0.673 bits per heavy atom. The molecule has 282 valence electrons. The molecule has 8 nitrogen and oxygen atoms in total. The van der Waals surface area contributed by atoms with Crippen molar-refractivity contribution in [2.75, 3.05) is 13.2 Å². The van der Waals surface area contributed by atoms with Crippen molar-refractivity contribution < 1.29 is 38.7 Å². The molecule has 2 N–H and O–H groups in total. The molecule has 0 saturated carbocycles. The van der Waals surface area contributed by atoms with Crippen LogP contribution in [0.1, 0.15) is 104 Å². The summed E-state index contributed by atoms with van der Waals surface area (Å²) in [7, 11) is 0. The van der Waals surface area contributed by atoms with Crippen LogP contribution in [0.4, 0.5) is 0 Å². The number of aliphatic hydroxyl groups is 2. The van der Waals surface area contributed by atoms with Gasteiger partial charge in [-0.2, -0.15) is 0 Å². The van der Waals surface area contributed by atoms with Crippen LogP contribution in [-0.2, 0) is 29.9 Å². The van der Waals surface area contributed by atoms with Crippen molar-refractivity contribution in [2.24, 2.45) is 0 Å². The Morgan fingerprint density at radius 2 is 1.10 bits per heavy atom. The zero-order chi connectivity index (χ0) is 38.9. The van der Waals surface area contributed by atoms with Gasteiger partial charge in [0.05, 0.1) is 12.2 Å². The summed E-state index contributed by atoms with van der Waals surface area (Å²) in [6.07, 6.45) is -0.865. The molecule has 0 aromatic heterocycles. The molecule has 0 saturated heterocycles. The predicted molar refractivity (Wildman–Crippen MR) is 206 cm³/mol. The molecule has 0 heterocycles. The van der Waals surface area contributed by atoms with Crippen LogP contribution < -0.4 is 9.47 Å². The number of rotatable bonds is 19. The van der Waals surface area contributed by atoms with E-state index >= 15 is 0 Å². The fraction of sp³-hybridized carbons (Fsp3) is 0.455. The van der Waals surface area contributed by atoms with Gasteiger partial charge in [-0.3, -0.25) is 0 Å². The Kier molecular flexibility index (Phi) is 14.5. The zero-order valence-electron chi connectivity index (χ0n) is 32.5. The molecule has 0 aliphatic carbocycles. The van der Waals surface area contributed by atoms with Gasteiger partial charge in [0.15, 0.2) is 0 Å². The summed E-state index contributed by atoms with van der Waals surface area (Å²) < 4.78 is 22.5. The molecule has 3 unspecified atom stereocenters. The van der Waals surface area contributed by atoms with E-state index < -0.39 is 35.9 Å². The average molecular weight is 715 g/mol. The summed E-state index contributed by atoms with van der Waals surface area (Å²) in [5.41, 5.74) is 4.05. The highest BCUT2D eigenvalue weighted by Gasteiger charge is 2.30. The molecular formula is C44H58O8. The maximum absolute atomic E-state index is 11.7. The molecule has 0 radical (unpaired) electrons. The smallest absolute Gasteiger partial charge is 0.333 e. The molecule has 52 heavy (non-hydrogen) atoms. The first-order valence-electron chi connectivity index (χ1n) is 18.0. The van der Waals surface area contributed by atoms with Crippen LogP contribution in [0.3, 0.4) is 0 Å². The van der Waals surface area contributed by atoms with Crippen LogP contribution in [0.25, 0.3) is 0 Å². The van der Waals surface area contributed by atoms with Gasteiger partial charge in [0.1, 0.15) is 36.4 Å². The molecule has 4 atom stereocenters. The maximum Gasteiger partial charge on any atom is 0.333 e. The van der Waals surface area contributed by atoms with Gasteiger partial charge in [-0.05, 0) is 80.6 Å². The van der Waals surface area contributed by atoms with Crippen molar-refractivity contribution in [2.45, 2.75) is 116 Å². The van der Waals surface area contributed by atoms with E-state index in [1.54, 1.807) is 20.8 Å². The molecule has 3 rings (SSSR count). The van der Waals surface area contributed by atoms with Gasteiger partial charge >= 0.3 is 11.9 Å². The van der Waals surface area contributed by atoms with Crippen molar-refractivity contribution in [3.8, 4) is 11.5 Å². The van der Waals surface area contributed by atoms with Gasteiger partial charge in [-0.15, -0.1) is 0 Å². The van der Waals surface area contributed by atoms with Crippen molar-refractivity contribution in [3.05, 3.63) is 119 Å². The van der Waals surface area contributed by atoms with Crippen molar-refractivity contribution >= 4 is 11.9 Å². The lowest BCUT2D eigenvalue weighted by Crippen LogP contribution is -2.37. The Labute approximate surface area is 310 Å². The molecule has 0 amide bonds. The lowest BCUT2D eigenvalue weighted by atomic mass is 9.74. The quantitative estimate of drug-likeness (QED) is 0.0941. The first-order chi connectivity index (χ1) is 24.3. The molecule has 0 fully saturated rings. The second kappa shape index (κ2) is 17.9. The van der Waals surface area contributed by atoms with E-state index in [2.05, 4.69) is 77.3 Å². The topological polar surface area (TPSA) is 112 Å². The standard InChI is InChI=1S/C44H58O8/c1-12-44(11,26-37(46)28-50-40(47)29(2)3)52-39-23-19-35(20-24-39)43(9,10)33-15-13-32(14-16-33)42(7,8)34-17-21-38(22-18-34)49-27-36(45)25-31(6)51-41(48)30(4)5/h13-24,31,36-37,45-46H,2,4,12,25-28H2,1,3,5-11H3/t31?,36?,37?,44-/m1/s1. The van der Waals surface area contributed by atoms with E-state index in [0.29, 0.717) is 35.5 Å². The van der Waals surface area contributed by atoms with Crippen LogP contribution in [0.2, 0.25) is 0 Å². The van der Waals surface area contributed by atoms with Crippen molar-refractivity contribution in [1.82, 2.24) is 0 Å². The van der Waals surface area contributed by atoms with E-state index in [4.69, 9.17) is 18.9 Å². The Hall–Kier alpha value is -4.40. The van der Waals surface area contributed by atoms with E-state index in [9.17, 15) is 19.8 Å². The third-order valence-corrected chi connectivity index (χ3v) is 9.72. The first-order valence-corrected chi connectivity index (χ1v) is 18.0. The Morgan fingerprint density at radius 3 is 1.52 bits per heavy atom. The lowest BCUT2D eigenvalue weighted by molar-refractivity contribution is -0.145. The summed E-state index contributed by atoms with van der Waals surface area (Å²) in [6.45, 7) is 24.8. The minimum Gasteiger partial charge on any atom is -0.491 e. The normalized spacial score (nSPS) is 14.7. The lowest BCUT2D eigenvalue weighted by Gasteiger charge is -2.32. The van der Waals surface area contributed by atoms with E-state index in [1.165, 1.54) is 11.1 Å². The van der Waals surface area contributed by atoms with Crippen molar-refractivity contribution in [1.29, 1.82) is 0 Å². The van der Waals surface area contributed by atoms with Crippen LogP contribution in [0.5, 0.6) is 11.5 Å². The first kappa shape index (κ1) is 42.0. The predicted octanol–water partition coefficient (Wildman–Crippen LogP) is 8.39. The summed E-state index contributed by atoms with van der Waals surface area (Å²) in [4.78, 5) is 23.4. The molecule has 0 aliphatic heterocycles. The number of ether oxygens (including phenoxy) is 4. The zero-order valence-corrected chi connectivity index (χ0v) is 32.5. The van der Waals surface area contributed by atoms with Gasteiger partial charge in [0.2, 0.25) is 0 Å². The van der Waals surface area contributed by atoms with Crippen LogP contribution in [0, 0.1) is 0 Å². The van der Waals surface area contributed by atoms with Crippen LogP contribution in [0.15, 0.2) is 97.1 Å². The minimum atomic E-state index is -0.860. The number of carbonyl (C=O) groups excluding carboxylic acids is 2. The number of esters is 2. The average Bonchev–Trinajstić information content (AvgIpc) is 3.09. The molecular weight excluding hydrogens is 656 g/mol.